The fourth-order valence-corrected chi connectivity index (χ4v) is 1.64. The molecule has 0 heterocycles. The Bertz CT molecular complexity index is 551. The van der Waals surface area contributed by atoms with Crippen molar-refractivity contribution >= 4 is 23.6 Å². The number of amides is 1. The Morgan fingerprint density at radius 2 is 2.00 bits per heavy atom. The van der Waals surface area contributed by atoms with Gasteiger partial charge < -0.3 is 10.4 Å². The number of carbonyl (C=O) groups is 2. The minimum absolute atomic E-state index is 0.0366. The van der Waals surface area contributed by atoms with Crippen molar-refractivity contribution in [2.75, 3.05) is 0 Å². The highest BCUT2D eigenvalue weighted by atomic mass is 16.6. The van der Waals surface area contributed by atoms with Gasteiger partial charge in [0.1, 0.15) is 6.04 Å². The summed E-state index contributed by atoms with van der Waals surface area (Å²) in [6.45, 7) is 1.83. The molecule has 21 heavy (non-hydrogen) atoms. The second-order valence-corrected chi connectivity index (χ2v) is 4.37. The van der Waals surface area contributed by atoms with Crippen molar-refractivity contribution in [3.63, 3.8) is 0 Å². The average Bonchev–Trinajstić information content (AvgIpc) is 2.45. The number of benzene rings is 1. The van der Waals surface area contributed by atoms with Crippen molar-refractivity contribution in [3.05, 3.63) is 46.0 Å². The first-order valence-corrected chi connectivity index (χ1v) is 6.40. The predicted octanol–water partition coefficient (Wildman–Crippen LogP) is 1.98. The van der Waals surface area contributed by atoms with Gasteiger partial charge in [-0.3, -0.25) is 14.9 Å². The molecule has 0 spiro atoms. The van der Waals surface area contributed by atoms with E-state index in [9.17, 15) is 19.7 Å². The number of nitro groups is 1. The van der Waals surface area contributed by atoms with E-state index in [4.69, 9.17) is 5.11 Å². The van der Waals surface area contributed by atoms with Gasteiger partial charge in [-0.05, 0) is 30.2 Å². The Balaban J connectivity index is 2.64. The molecule has 0 fully saturated rings. The number of aliphatic carboxylic acids is 1. The smallest absolute Gasteiger partial charge is 0.326 e. The third-order valence-electron chi connectivity index (χ3n) is 2.72. The highest BCUT2D eigenvalue weighted by molar-refractivity contribution is 5.94. The van der Waals surface area contributed by atoms with Gasteiger partial charge >= 0.3 is 5.97 Å². The second kappa shape index (κ2) is 7.78. The Morgan fingerprint density at radius 1 is 1.38 bits per heavy atom. The number of non-ortho nitro benzene ring substituents is 1. The first-order valence-electron chi connectivity index (χ1n) is 6.40. The Hall–Kier alpha value is -2.70. The zero-order chi connectivity index (χ0) is 15.8. The Kier molecular flexibility index (Phi) is 6.06. The van der Waals surface area contributed by atoms with Gasteiger partial charge in [0.25, 0.3) is 5.69 Å². The van der Waals surface area contributed by atoms with Gasteiger partial charge in [-0.1, -0.05) is 13.3 Å². The number of nitro benzene ring substituents is 1. The zero-order valence-electron chi connectivity index (χ0n) is 11.5. The molecule has 0 bridgehead atoms. The molecule has 0 aliphatic carbocycles. The molecule has 1 atom stereocenters. The third-order valence-corrected chi connectivity index (χ3v) is 2.72. The van der Waals surface area contributed by atoms with Crippen LogP contribution in [0.4, 0.5) is 5.69 Å². The van der Waals surface area contributed by atoms with Gasteiger partial charge in [0.2, 0.25) is 5.91 Å². The number of hydrogen-bond acceptors (Lipinski definition) is 4. The summed E-state index contributed by atoms with van der Waals surface area (Å²) in [4.78, 5) is 32.5. The van der Waals surface area contributed by atoms with E-state index in [0.29, 0.717) is 18.4 Å². The Morgan fingerprint density at radius 3 is 2.48 bits per heavy atom. The zero-order valence-corrected chi connectivity index (χ0v) is 11.5. The summed E-state index contributed by atoms with van der Waals surface area (Å²) in [5.74, 6) is -1.59. The largest absolute Gasteiger partial charge is 0.480 e. The summed E-state index contributed by atoms with van der Waals surface area (Å²) in [6, 6.07) is 4.75. The molecule has 1 rings (SSSR count). The van der Waals surface area contributed by atoms with E-state index >= 15 is 0 Å². The van der Waals surface area contributed by atoms with Crippen LogP contribution >= 0.6 is 0 Å². The number of hydrogen-bond donors (Lipinski definition) is 2. The van der Waals surface area contributed by atoms with Gasteiger partial charge in [-0.25, -0.2) is 4.79 Å². The van der Waals surface area contributed by atoms with Crippen LogP contribution in [0.15, 0.2) is 30.3 Å². The van der Waals surface area contributed by atoms with E-state index in [2.05, 4.69) is 5.32 Å². The molecule has 0 saturated carbocycles. The first-order chi connectivity index (χ1) is 9.93. The molecule has 1 amide bonds. The third kappa shape index (κ3) is 5.43. The van der Waals surface area contributed by atoms with Gasteiger partial charge in [0, 0.05) is 18.2 Å². The average molecular weight is 292 g/mol. The molecular weight excluding hydrogens is 276 g/mol. The first kappa shape index (κ1) is 16.4. The van der Waals surface area contributed by atoms with Crippen molar-refractivity contribution in [2.45, 2.75) is 25.8 Å². The SMILES string of the molecule is CCCC(NC(=O)/C=C/c1ccc([N+](=O)[O-])cc1)C(=O)O. The van der Waals surface area contributed by atoms with E-state index in [0.717, 1.165) is 0 Å². The number of nitrogens with one attached hydrogen (secondary N) is 1. The molecule has 2 N–H and O–H groups in total. The van der Waals surface area contributed by atoms with Gasteiger partial charge in [0.15, 0.2) is 0 Å². The van der Waals surface area contributed by atoms with Crippen molar-refractivity contribution in [1.82, 2.24) is 5.32 Å². The standard InChI is InChI=1S/C14H16N2O5/c1-2-3-12(14(18)19)15-13(17)9-6-10-4-7-11(8-5-10)16(20)21/h4-9,12H,2-3H2,1H3,(H,15,17)(H,18,19)/b9-6+. The lowest BCUT2D eigenvalue weighted by Gasteiger charge is -2.11. The highest BCUT2D eigenvalue weighted by Gasteiger charge is 2.17. The molecule has 0 radical (unpaired) electrons. The molecule has 0 aliphatic rings. The molecule has 0 aliphatic heterocycles. The second-order valence-electron chi connectivity index (χ2n) is 4.37. The Labute approximate surface area is 121 Å². The lowest BCUT2D eigenvalue weighted by atomic mass is 10.1. The minimum Gasteiger partial charge on any atom is -0.480 e. The van der Waals surface area contributed by atoms with Crippen LogP contribution in [0.1, 0.15) is 25.3 Å². The van der Waals surface area contributed by atoms with Gasteiger partial charge in [-0.2, -0.15) is 0 Å². The summed E-state index contributed by atoms with van der Waals surface area (Å²) < 4.78 is 0. The van der Waals surface area contributed by atoms with E-state index in [1.54, 1.807) is 0 Å². The summed E-state index contributed by atoms with van der Waals surface area (Å²) in [6.07, 6.45) is 3.66. The number of nitrogens with zero attached hydrogens (tertiary/aromatic N) is 1. The van der Waals surface area contributed by atoms with Crippen LogP contribution in [0.5, 0.6) is 0 Å². The maximum atomic E-state index is 11.6. The molecule has 112 valence electrons. The van der Waals surface area contributed by atoms with Crippen LogP contribution in [0.25, 0.3) is 6.08 Å². The molecule has 0 aromatic heterocycles. The van der Waals surface area contributed by atoms with Gasteiger partial charge in [-0.15, -0.1) is 0 Å². The maximum absolute atomic E-state index is 11.6. The number of carboxylic acids is 1. The fraction of sp³-hybridized carbons (Fsp3) is 0.286. The highest BCUT2D eigenvalue weighted by Crippen LogP contribution is 2.12. The summed E-state index contributed by atoms with van der Waals surface area (Å²) in [7, 11) is 0. The van der Waals surface area contributed by atoms with Crippen LogP contribution in [0.3, 0.4) is 0 Å². The van der Waals surface area contributed by atoms with Crippen LogP contribution < -0.4 is 5.32 Å². The number of carbonyl (C=O) groups excluding carboxylic acids is 1. The van der Waals surface area contributed by atoms with Crippen molar-refractivity contribution in [1.29, 1.82) is 0 Å². The van der Waals surface area contributed by atoms with E-state index in [-0.39, 0.29) is 5.69 Å². The van der Waals surface area contributed by atoms with E-state index < -0.39 is 22.8 Å². The molecule has 7 heteroatoms. The van der Waals surface area contributed by atoms with Crippen LogP contribution in [-0.2, 0) is 9.59 Å². The molecule has 1 unspecified atom stereocenters. The summed E-state index contributed by atoms with van der Waals surface area (Å²) >= 11 is 0. The minimum atomic E-state index is -1.08. The lowest BCUT2D eigenvalue weighted by molar-refractivity contribution is -0.384. The van der Waals surface area contributed by atoms with E-state index in [1.807, 2.05) is 6.92 Å². The van der Waals surface area contributed by atoms with Crippen molar-refractivity contribution in [3.8, 4) is 0 Å². The molecular formula is C14H16N2O5. The molecule has 1 aromatic carbocycles. The topological polar surface area (TPSA) is 110 Å². The van der Waals surface area contributed by atoms with Crippen LogP contribution in [0, 0.1) is 10.1 Å². The molecule has 7 nitrogen and oxygen atoms in total. The van der Waals surface area contributed by atoms with Crippen molar-refractivity contribution in [2.24, 2.45) is 0 Å². The number of carboxylic acid groups (broad SMARTS) is 1. The van der Waals surface area contributed by atoms with Crippen molar-refractivity contribution < 1.29 is 19.6 Å². The molecule has 1 aromatic rings. The lowest BCUT2D eigenvalue weighted by Crippen LogP contribution is -2.39. The van der Waals surface area contributed by atoms with E-state index in [1.165, 1.54) is 36.4 Å². The van der Waals surface area contributed by atoms with Gasteiger partial charge in [0.05, 0.1) is 4.92 Å². The monoisotopic (exact) mass is 292 g/mol. The quantitative estimate of drug-likeness (QED) is 0.453. The normalized spacial score (nSPS) is 12.0. The summed E-state index contributed by atoms with van der Waals surface area (Å²) in [5, 5.41) is 21.8. The fourth-order valence-electron chi connectivity index (χ4n) is 1.64. The summed E-state index contributed by atoms with van der Waals surface area (Å²) in [5.41, 5.74) is 0.573. The van der Waals surface area contributed by atoms with Crippen LogP contribution in [-0.4, -0.2) is 27.9 Å². The number of rotatable bonds is 7. The maximum Gasteiger partial charge on any atom is 0.326 e. The predicted molar refractivity (Wildman–Crippen MR) is 76.6 cm³/mol. The van der Waals surface area contributed by atoms with Crippen LogP contribution in [0.2, 0.25) is 0 Å². The molecule has 0 saturated heterocycles.